The zero-order valence-corrected chi connectivity index (χ0v) is 18.6. The molecule has 6 nitrogen and oxygen atoms in total. The first-order valence-electron chi connectivity index (χ1n) is 11.8. The summed E-state index contributed by atoms with van der Waals surface area (Å²) in [4.78, 5) is 15.6. The number of likely N-dealkylation sites (tertiary alicyclic amines) is 1. The number of amides is 1. The fraction of sp³-hybridized carbons (Fsp3) is 0.423. The van der Waals surface area contributed by atoms with E-state index >= 15 is 0 Å². The number of halogens is 1. The van der Waals surface area contributed by atoms with Crippen LogP contribution >= 0.6 is 0 Å². The van der Waals surface area contributed by atoms with Gasteiger partial charge in [0.2, 0.25) is 5.91 Å². The second-order valence-electron chi connectivity index (χ2n) is 9.21. The van der Waals surface area contributed by atoms with Crippen molar-refractivity contribution in [1.29, 1.82) is 0 Å². The van der Waals surface area contributed by atoms with Crippen molar-refractivity contribution in [3.63, 3.8) is 0 Å². The fourth-order valence-electron chi connectivity index (χ4n) is 5.23. The van der Waals surface area contributed by atoms with Crippen LogP contribution in [-0.2, 0) is 4.79 Å². The Kier molecular flexibility index (Phi) is 6.22. The van der Waals surface area contributed by atoms with Crippen LogP contribution in [0.3, 0.4) is 0 Å². The van der Waals surface area contributed by atoms with Gasteiger partial charge in [0.25, 0.3) is 0 Å². The molecule has 1 aliphatic heterocycles. The number of benzene rings is 2. The van der Waals surface area contributed by atoms with Crippen LogP contribution in [0.25, 0.3) is 11.3 Å². The molecule has 1 amide bonds. The van der Waals surface area contributed by atoms with Crippen LogP contribution < -0.4 is 0 Å². The molecule has 2 heterocycles. The van der Waals surface area contributed by atoms with Gasteiger partial charge in [-0.15, -0.1) is 5.10 Å². The highest BCUT2D eigenvalue weighted by Gasteiger charge is 2.41. The van der Waals surface area contributed by atoms with Crippen molar-refractivity contribution in [2.24, 2.45) is 5.92 Å². The average Bonchev–Trinajstić information content (AvgIpc) is 3.35. The van der Waals surface area contributed by atoms with E-state index in [2.05, 4.69) is 10.3 Å². The second-order valence-corrected chi connectivity index (χ2v) is 9.21. The van der Waals surface area contributed by atoms with Crippen molar-refractivity contribution in [1.82, 2.24) is 19.9 Å². The molecule has 7 heteroatoms. The lowest BCUT2D eigenvalue weighted by Crippen LogP contribution is -2.50. The molecule has 1 saturated heterocycles. The van der Waals surface area contributed by atoms with Gasteiger partial charge >= 0.3 is 0 Å². The van der Waals surface area contributed by atoms with Crippen molar-refractivity contribution in [2.75, 3.05) is 6.54 Å². The Bertz CT molecular complexity index is 1080. The van der Waals surface area contributed by atoms with E-state index in [4.69, 9.17) is 0 Å². The van der Waals surface area contributed by atoms with E-state index in [1.807, 2.05) is 35.2 Å². The topological polar surface area (TPSA) is 71.2 Å². The van der Waals surface area contributed by atoms with Gasteiger partial charge < -0.3 is 10.0 Å². The first kappa shape index (κ1) is 21.8. The molecule has 3 aromatic rings. The highest BCUT2D eigenvalue weighted by atomic mass is 19.1. The summed E-state index contributed by atoms with van der Waals surface area (Å²) in [6.45, 7) is 0.377. The quantitative estimate of drug-likeness (QED) is 0.636. The van der Waals surface area contributed by atoms with E-state index in [1.54, 1.807) is 23.0 Å². The molecule has 5 rings (SSSR count). The number of nitrogens with zero attached hydrogens (tertiary/aromatic N) is 4. The summed E-state index contributed by atoms with van der Waals surface area (Å²) in [6.07, 6.45) is 6.79. The lowest BCUT2D eigenvalue weighted by Gasteiger charge is -2.44. The highest BCUT2D eigenvalue weighted by molar-refractivity contribution is 5.79. The molecule has 1 aliphatic carbocycles. The Labute approximate surface area is 193 Å². The lowest BCUT2D eigenvalue weighted by atomic mass is 9.85. The van der Waals surface area contributed by atoms with Crippen molar-refractivity contribution in [3.8, 4) is 11.3 Å². The standard InChI is InChI=1S/C26H29FN4O2/c27-21-13-11-18(12-14-21)22-16-31(29-28-22)24-17-30(26(33)20-9-5-2-6-10-20)23(15-25(24)32)19-7-3-1-4-8-19/h1,3-4,7-8,11-14,16,20,23-25,32H,2,5-6,9-10,15,17H2/t23-,24+,25-/m1/s1. The van der Waals surface area contributed by atoms with Gasteiger partial charge in [-0.2, -0.15) is 0 Å². The monoisotopic (exact) mass is 448 g/mol. The van der Waals surface area contributed by atoms with Crippen LogP contribution in [0.1, 0.15) is 56.2 Å². The second kappa shape index (κ2) is 9.43. The summed E-state index contributed by atoms with van der Waals surface area (Å²) >= 11 is 0. The molecule has 0 bridgehead atoms. The highest BCUT2D eigenvalue weighted by Crippen LogP contribution is 2.38. The van der Waals surface area contributed by atoms with Crippen molar-refractivity contribution in [2.45, 2.75) is 56.7 Å². The molecule has 1 N–H and O–H groups in total. The van der Waals surface area contributed by atoms with Crippen LogP contribution in [0.5, 0.6) is 0 Å². The van der Waals surface area contributed by atoms with E-state index in [0.29, 0.717) is 18.7 Å². The SMILES string of the molecule is O=C(C1CCCCC1)N1C[C@H](n2cc(-c3ccc(F)cc3)nn2)[C@H](O)C[C@@H]1c1ccccc1. The third-order valence-corrected chi connectivity index (χ3v) is 7.08. The fourth-order valence-corrected chi connectivity index (χ4v) is 5.23. The molecular weight excluding hydrogens is 419 g/mol. The van der Waals surface area contributed by atoms with Crippen molar-refractivity contribution >= 4 is 5.91 Å². The van der Waals surface area contributed by atoms with Crippen molar-refractivity contribution < 1.29 is 14.3 Å². The molecule has 1 saturated carbocycles. The first-order chi connectivity index (χ1) is 16.1. The number of rotatable bonds is 4. The van der Waals surface area contributed by atoms with Gasteiger partial charge in [-0.1, -0.05) is 54.8 Å². The van der Waals surface area contributed by atoms with Gasteiger partial charge in [-0.05, 0) is 42.7 Å². The smallest absolute Gasteiger partial charge is 0.226 e. The van der Waals surface area contributed by atoms with E-state index in [-0.39, 0.29) is 29.7 Å². The molecule has 1 aromatic heterocycles. The Morgan fingerprint density at radius 2 is 1.73 bits per heavy atom. The molecule has 172 valence electrons. The summed E-state index contributed by atoms with van der Waals surface area (Å²) in [6, 6.07) is 15.5. The largest absolute Gasteiger partial charge is 0.391 e. The molecule has 0 unspecified atom stereocenters. The number of piperidine rings is 1. The van der Waals surface area contributed by atoms with Gasteiger partial charge in [0, 0.05) is 24.4 Å². The Morgan fingerprint density at radius 1 is 1.00 bits per heavy atom. The number of hydrogen-bond acceptors (Lipinski definition) is 4. The minimum absolute atomic E-state index is 0.0476. The number of aliphatic hydroxyl groups excluding tert-OH is 1. The number of aliphatic hydroxyl groups is 1. The third kappa shape index (κ3) is 4.55. The maximum Gasteiger partial charge on any atom is 0.226 e. The maximum absolute atomic E-state index is 13.6. The van der Waals surface area contributed by atoms with Crippen LogP contribution in [0.15, 0.2) is 60.8 Å². The third-order valence-electron chi connectivity index (χ3n) is 7.08. The van der Waals surface area contributed by atoms with Gasteiger partial charge in [0.05, 0.1) is 24.4 Å². The zero-order valence-electron chi connectivity index (χ0n) is 18.6. The summed E-state index contributed by atoms with van der Waals surface area (Å²) in [5.74, 6) is -0.0802. The van der Waals surface area contributed by atoms with E-state index < -0.39 is 6.10 Å². The number of carbonyl (C=O) groups is 1. The molecule has 2 aliphatic rings. The van der Waals surface area contributed by atoms with Crippen LogP contribution in [0, 0.1) is 11.7 Å². The Hall–Kier alpha value is -3.06. The molecule has 2 fully saturated rings. The summed E-state index contributed by atoms with van der Waals surface area (Å²) in [7, 11) is 0. The molecule has 3 atom stereocenters. The van der Waals surface area contributed by atoms with Gasteiger partial charge in [-0.25, -0.2) is 9.07 Å². The van der Waals surface area contributed by atoms with E-state index in [1.165, 1.54) is 18.6 Å². The molecule has 0 spiro atoms. The lowest BCUT2D eigenvalue weighted by molar-refractivity contribution is -0.144. The Balaban J connectivity index is 1.43. The van der Waals surface area contributed by atoms with E-state index in [9.17, 15) is 14.3 Å². The first-order valence-corrected chi connectivity index (χ1v) is 11.8. The number of carbonyl (C=O) groups excluding carboxylic acids is 1. The number of aromatic nitrogens is 3. The van der Waals surface area contributed by atoms with E-state index in [0.717, 1.165) is 36.8 Å². The summed E-state index contributed by atoms with van der Waals surface area (Å²) < 4.78 is 14.9. The van der Waals surface area contributed by atoms with Gasteiger partial charge in [0.1, 0.15) is 11.5 Å². The van der Waals surface area contributed by atoms with Crippen LogP contribution in [0.2, 0.25) is 0 Å². The average molecular weight is 449 g/mol. The molecule has 2 aromatic carbocycles. The predicted molar refractivity (Wildman–Crippen MR) is 123 cm³/mol. The Morgan fingerprint density at radius 3 is 2.45 bits per heavy atom. The van der Waals surface area contributed by atoms with Gasteiger partial charge in [0.15, 0.2) is 0 Å². The molecule has 0 radical (unpaired) electrons. The van der Waals surface area contributed by atoms with Gasteiger partial charge in [-0.3, -0.25) is 4.79 Å². The van der Waals surface area contributed by atoms with Crippen LogP contribution in [0.4, 0.5) is 4.39 Å². The van der Waals surface area contributed by atoms with Crippen LogP contribution in [-0.4, -0.2) is 43.6 Å². The minimum atomic E-state index is -0.673. The molecular formula is C26H29FN4O2. The number of hydrogen-bond donors (Lipinski definition) is 1. The zero-order chi connectivity index (χ0) is 22.8. The van der Waals surface area contributed by atoms with Crippen molar-refractivity contribution in [3.05, 3.63) is 72.2 Å². The minimum Gasteiger partial charge on any atom is -0.391 e. The summed E-state index contributed by atoms with van der Waals surface area (Å²) in [5.41, 5.74) is 2.41. The summed E-state index contributed by atoms with van der Waals surface area (Å²) in [5, 5.41) is 19.6. The normalized spacial score (nSPS) is 24.1. The molecule has 33 heavy (non-hydrogen) atoms. The predicted octanol–water partition coefficient (Wildman–Crippen LogP) is 4.54. The maximum atomic E-state index is 13.6.